The van der Waals surface area contributed by atoms with Crippen LogP contribution in [0.4, 0.5) is 5.69 Å². The van der Waals surface area contributed by atoms with Crippen molar-refractivity contribution in [3.63, 3.8) is 0 Å². The summed E-state index contributed by atoms with van der Waals surface area (Å²) < 4.78 is 1.97. The zero-order chi connectivity index (χ0) is 22.7. The Bertz CT molecular complexity index is 1230. The molecule has 4 rings (SSSR count). The summed E-state index contributed by atoms with van der Waals surface area (Å²) in [5.74, 6) is -0.577. The number of carbonyl (C=O) groups excluding carboxylic acids is 2. The molecule has 32 heavy (non-hydrogen) atoms. The quantitative estimate of drug-likeness (QED) is 0.469. The minimum absolute atomic E-state index is 0.0685. The van der Waals surface area contributed by atoms with Gasteiger partial charge in [0.2, 0.25) is 5.91 Å². The van der Waals surface area contributed by atoms with E-state index in [1.54, 1.807) is 6.07 Å². The summed E-state index contributed by atoms with van der Waals surface area (Å²) in [6.45, 7) is 5.75. The van der Waals surface area contributed by atoms with Crippen LogP contribution in [0.25, 0.3) is 16.9 Å². The highest BCUT2D eigenvalue weighted by atomic mass is 16.2. The molecular formula is C26H26N4O2. The Hall–Kier alpha value is -3.93. The third kappa shape index (κ3) is 4.70. The van der Waals surface area contributed by atoms with Crippen molar-refractivity contribution in [2.75, 3.05) is 5.32 Å². The lowest BCUT2D eigenvalue weighted by atomic mass is 10.0. The second-order valence-corrected chi connectivity index (χ2v) is 8.22. The largest absolute Gasteiger partial charge is 0.340 e. The lowest BCUT2D eigenvalue weighted by Crippen LogP contribution is -2.47. The van der Waals surface area contributed by atoms with Crippen LogP contribution < -0.4 is 10.6 Å². The van der Waals surface area contributed by atoms with Gasteiger partial charge in [0.15, 0.2) is 0 Å². The van der Waals surface area contributed by atoms with Crippen molar-refractivity contribution in [3.05, 3.63) is 90.3 Å². The van der Waals surface area contributed by atoms with E-state index in [1.807, 2.05) is 98.2 Å². The Morgan fingerprint density at radius 1 is 0.969 bits per heavy atom. The Balaban J connectivity index is 1.45. The van der Waals surface area contributed by atoms with E-state index in [2.05, 4.69) is 15.6 Å². The third-order valence-corrected chi connectivity index (χ3v) is 5.33. The maximum absolute atomic E-state index is 12.9. The van der Waals surface area contributed by atoms with Gasteiger partial charge >= 0.3 is 0 Å². The molecule has 2 aromatic heterocycles. The van der Waals surface area contributed by atoms with Crippen LogP contribution in [-0.4, -0.2) is 27.2 Å². The van der Waals surface area contributed by atoms with Crippen LogP contribution in [0.1, 0.15) is 29.8 Å². The number of anilines is 1. The average molecular weight is 427 g/mol. The monoisotopic (exact) mass is 426 g/mol. The molecule has 0 aliphatic carbocycles. The predicted molar refractivity (Wildman–Crippen MR) is 127 cm³/mol. The minimum atomic E-state index is -0.652. The number of rotatable bonds is 6. The van der Waals surface area contributed by atoms with E-state index in [0.29, 0.717) is 11.3 Å². The molecule has 162 valence electrons. The fraction of sp³-hybridized carbons (Fsp3) is 0.192. The van der Waals surface area contributed by atoms with Gasteiger partial charge < -0.3 is 15.0 Å². The van der Waals surface area contributed by atoms with Crippen molar-refractivity contribution in [3.8, 4) is 11.3 Å². The summed E-state index contributed by atoms with van der Waals surface area (Å²) >= 11 is 0. The van der Waals surface area contributed by atoms with E-state index in [4.69, 9.17) is 0 Å². The number of imidazole rings is 1. The molecule has 6 heteroatoms. The molecule has 0 fully saturated rings. The van der Waals surface area contributed by atoms with Crippen molar-refractivity contribution >= 4 is 23.1 Å². The summed E-state index contributed by atoms with van der Waals surface area (Å²) in [4.78, 5) is 30.2. The molecule has 6 nitrogen and oxygen atoms in total. The zero-order valence-electron chi connectivity index (χ0n) is 18.4. The Morgan fingerprint density at radius 3 is 2.44 bits per heavy atom. The van der Waals surface area contributed by atoms with Crippen molar-refractivity contribution in [2.45, 2.75) is 26.8 Å². The fourth-order valence-electron chi connectivity index (χ4n) is 3.56. The Kier molecular flexibility index (Phi) is 6.03. The van der Waals surface area contributed by atoms with E-state index in [9.17, 15) is 9.59 Å². The lowest BCUT2D eigenvalue weighted by molar-refractivity contribution is -0.118. The maximum atomic E-state index is 12.9. The highest BCUT2D eigenvalue weighted by molar-refractivity contribution is 6.01. The van der Waals surface area contributed by atoms with Gasteiger partial charge in [-0.2, -0.15) is 0 Å². The number of carbonyl (C=O) groups is 2. The minimum Gasteiger partial charge on any atom is -0.340 e. The van der Waals surface area contributed by atoms with Crippen molar-refractivity contribution < 1.29 is 9.59 Å². The molecule has 0 aliphatic rings. The first-order chi connectivity index (χ1) is 15.4. The summed E-state index contributed by atoms with van der Waals surface area (Å²) in [6.07, 6.45) is 3.93. The molecule has 0 saturated heterocycles. The van der Waals surface area contributed by atoms with E-state index in [1.165, 1.54) is 0 Å². The number of benzene rings is 2. The van der Waals surface area contributed by atoms with E-state index < -0.39 is 6.04 Å². The first-order valence-corrected chi connectivity index (χ1v) is 10.6. The number of amides is 2. The summed E-state index contributed by atoms with van der Waals surface area (Å²) in [5.41, 5.74) is 4.90. The van der Waals surface area contributed by atoms with Gasteiger partial charge in [-0.25, -0.2) is 4.98 Å². The van der Waals surface area contributed by atoms with Gasteiger partial charge in [0.25, 0.3) is 5.91 Å². The second-order valence-electron chi connectivity index (χ2n) is 8.22. The van der Waals surface area contributed by atoms with Gasteiger partial charge in [-0.15, -0.1) is 0 Å². The van der Waals surface area contributed by atoms with Crippen LogP contribution in [0.15, 0.2) is 79.1 Å². The third-order valence-electron chi connectivity index (χ3n) is 5.33. The summed E-state index contributed by atoms with van der Waals surface area (Å²) in [5, 5.41) is 5.79. The molecule has 2 heterocycles. The molecule has 0 spiro atoms. The standard InChI is InChI=1S/C26H26N4O2/c1-17(2)24(29-25(31)20-8-6-7-18(3)15-20)26(32)27-21-12-10-19(11-13-21)22-16-30-14-5-4-9-23(30)28-22/h4-17,24H,1-3H3,(H,27,32)(H,29,31)/t24-/m0/s1. The normalized spacial score (nSPS) is 12.0. The molecule has 0 unspecified atom stereocenters. The summed E-state index contributed by atoms with van der Waals surface area (Å²) in [7, 11) is 0. The number of fused-ring (bicyclic) bond motifs is 1. The number of aromatic nitrogens is 2. The highest BCUT2D eigenvalue weighted by Gasteiger charge is 2.25. The zero-order valence-corrected chi connectivity index (χ0v) is 18.4. The van der Waals surface area contributed by atoms with Gasteiger partial charge in [-0.05, 0) is 49.2 Å². The van der Waals surface area contributed by atoms with E-state index in [-0.39, 0.29) is 17.7 Å². The Labute approximate surface area is 187 Å². The van der Waals surface area contributed by atoms with Gasteiger partial charge in [0.1, 0.15) is 11.7 Å². The number of nitrogens with one attached hydrogen (secondary N) is 2. The van der Waals surface area contributed by atoms with Crippen molar-refractivity contribution in [1.82, 2.24) is 14.7 Å². The predicted octanol–water partition coefficient (Wildman–Crippen LogP) is 4.70. The van der Waals surface area contributed by atoms with Crippen LogP contribution in [0.5, 0.6) is 0 Å². The molecule has 0 saturated carbocycles. The van der Waals surface area contributed by atoms with Gasteiger partial charge in [0.05, 0.1) is 5.69 Å². The summed E-state index contributed by atoms with van der Waals surface area (Å²) in [6, 6.07) is 20.1. The van der Waals surface area contributed by atoms with E-state index in [0.717, 1.165) is 22.5 Å². The smallest absolute Gasteiger partial charge is 0.251 e. The SMILES string of the molecule is Cc1cccc(C(=O)N[C@H](C(=O)Nc2ccc(-c3cn4ccccc4n3)cc2)C(C)C)c1. The molecule has 0 radical (unpaired) electrons. The van der Waals surface area contributed by atoms with Crippen molar-refractivity contribution in [2.24, 2.45) is 5.92 Å². The first-order valence-electron chi connectivity index (χ1n) is 10.6. The number of hydrogen-bond acceptors (Lipinski definition) is 3. The number of aryl methyl sites for hydroxylation is 1. The molecule has 4 aromatic rings. The lowest BCUT2D eigenvalue weighted by Gasteiger charge is -2.22. The Morgan fingerprint density at radius 2 is 1.75 bits per heavy atom. The molecule has 2 N–H and O–H groups in total. The average Bonchev–Trinajstić information content (AvgIpc) is 3.22. The van der Waals surface area contributed by atoms with E-state index >= 15 is 0 Å². The van der Waals surface area contributed by atoms with Crippen LogP contribution in [0, 0.1) is 12.8 Å². The van der Waals surface area contributed by atoms with Crippen LogP contribution in [0.2, 0.25) is 0 Å². The van der Waals surface area contributed by atoms with Crippen LogP contribution in [0.3, 0.4) is 0 Å². The highest BCUT2D eigenvalue weighted by Crippen LogP contribution is 2.21. The first kappa shape index (κ1) is 21.3. The molecule has 1 atom stereocenters. The number of nitrogens with zero attached hydrogens (tertiary/aromatic N) is 2. The molecular weight excluding hydrogens is 400 g/mol. The van der Waals surface area contributed by atoms with Gasteiger partial charge in [-0.3, -0.25) is 9.59 Å². The van der Waals surface area contributed by atoms with Gasteiger partial charge in [0, 0.05) is 29.2 Å². The molecule has 0 aliphatic heterocycles. The van der Waals surface area contributed by atoms with Gasteiger partial charge in [-0.1, -0.05) is 49.7 Å². The van der Waals surface area contributed by atoms with Crippen LogP contribution >= 0.6 is 0 Å². The number of pyridine rings is 1. The number of hydrogen-bond donors (Lipinski definition) is 2. The molecule has 2 amide bonds. The van der Waals surface area contributed by atoms with Crippen molar-refractivity contribution in [1.29, 1.82) is 0 Å². The maximum Gasteiger partial charge on any atom is 0.251 e. The van der Waals surface area contributed by atoms with Crippen LogP contribution in [-0.2, 0) is 4.79 Å². The fourth-order valence-corrected chi connectivity index (χ4v) is 3.56. The second kappa shape index (κ2) is 9.06. The topological polar surface area (TPSA) is 75.5 Å². The molecule has 0 bridgehead atoms. The molecule has 2 aromatic carbocycles.